The van der Waals surface area contributed by atoms with Crippen LogP contribution in [-0.2, 0) is 16.0 Å². The number of aromatic hydroxyl groups is 1. The molecule has 0 aromatic heterocycles. The molecule has 0 radical (unpaired) electrons. The van der Waals surface area contributed by atoms with Gasteiger partial charge in [-0.05, 0) is 36.2 Å². The van der Waals surface area contributed by atoms with Crippen LogP contribution >= 0.6 is 0 Å². The molecule has 0 spiro atoms. The predicted octanol–water partition coefficient (Wildman–Crippen LogP) is 2.39. The van der Waals surface area contributed by atoms with Gasteiger partial charge >= 0.3 is 6.09 Å². The van der Waals surface area contributed by atoms with Gasteiger partial charge in [-0.1, -0.05) is 31.0 Å². The molecule has 6 heteroatoms. The second-order valence-corrected chi connectivity index (χ2v) is 7.93. The molecule has 2 amide bonds. The SMILES string of the molecule is NC(=O)OCC1C2CN(C(=O)Cc3cccc(C4CCCC4)c3O)CC12. The Morgan fingerprint density at radius 2 is 1.88 bits per heavy atom. The van der Waals surface area contributed by atoms with Gasteiger partial charge in [-0.15, -0.1) is 0 Å². The van der Waals surface area contributed by atoms with E-state index >= 15 is 0 Å². The molecule has 1 heterocycles. The van der Waals surface area contributed by atoms with E-state index in [0.29, 0.717) is 49.1 Å². The summed E-state index contributed by atoms with van der Waals surface area (Å²) in [7, 11) is 0. The number of primary amides is 1. The standard InChI is InChI=1S/C20H26N2O4/c21-20(25)26-11-17-15-9-22(10-16(15)17)18(23)8-13-6-3-7-14(19(13)24)12-4-1-2-5-12/h3,6-7,12,15-17,24H,1-2,4-5,8-11H2,(H2,21,25). The third kappa shape index (κ3) is 3.24. The number of benzene rings is 1. The molecule has 2 unspecified atom stereocenters. The summed E-state index contributed by atoms with van der Waals surface area (Å²) in [6, 6.07) is 5.80. The number of carbonyl (C=O) groups is 2. The molecule has 3 aliphatic rings. The molecule has 2 atom stereocenters. The lowest BCUT2D eigenvalue weighted by Gasteiger charge is -2.21. The van der Waals surface area contributed by atoms with E-state index in [1.54, 1.807) is 0 Å². The maximum atomic E-state index is 12.6. The molecule has 1 saturated heterocycles. The van der Waals surface area contributed by atoms with E-state index in [4.69, 9.17) is 10.5 Å². The fraction of sp³-hybridized carbons (Fsp3) is 0.600. The number of fused-ring (bicyclic) bond motifs is 1. The number of nitrogens with two attached hydrogens (primary N) is 1. The van der Waals surface area contributed by atoms with Crippen LogP contribution in [0.4, 0.5) is 4.79 Å². The van der Waals surface area contributed by atoms with Crippen molar-refractivity contribution >= 4 is 12.0 Å². The van der Waals surface area contributed by atoms with Crippen LogP contribution in [-0.4, -0.2) is 41.7 Å². The monoisotopic (exact) mass is 358 g/mol. The zero-order valence-corrected chi connectivity index (χ0v) is 14.9. The van der Waals surface area contributed by atoms with Gasteiger partial charge in [0.15, 0.2) is 0 Å². The van der Waals surface area contributed by atoms with Crippen molar-refractivity contribution in [1.82, 2.24) is 4.90 Å². The quantitative estimate of drug-likeness (QED) is 0.845. The number of hydrogen-bond acceptors (Lipinski definition) is 4. The van der Waals surface area contributed by atoms with Gasteiger partial charge < -0.3 is 20.5 Å². The molecule has 3 fully saturated rings. The lowest BCUT2D eigenvalue weighted by Crippen LogP contribution is -2.33. The predicted molar refractivity (Wildman–Crippen MR) is 95.6 cm³/mol. The van der Waals surface area contributed by atoms with Crippen LogP contribution in [0.1, 0.15) is 42.7 Å². The Balaban J connectivity index is 1.34. The topological polar surface area (TPSA) is 92.9 Å². The van der Waals surface area contributed by atoms with E-state index in [-0.39, 0.29) is 12.3 Å². The minimum Gasteiger partial charge on any atom is -0.507 e. The first-order valence-electron chi connectivity index (χ1n) is 9.55. The van der Waals surface area contributed by atoms with Crippen LogP contribution in [0.25, 0.3) is 0 Å². The minimum atomic E-state index is -0.736. The van der Waals surface area contributed by atoms with Gasteiger partial charge in [0.05, 0.1) is 13.0 Å². The van der Waals surface area contributed by atoms with Crippen LogP contribution < -0.4 is 5.73 Å². The first-order valence-corrected chi connectivity index (χ1v) is 9.55. The van der Waals surface area contributed by atoms with Gasteiger partial charge in [0.25, 0.3) is 0 Å². The summed E-state index contributed by atoms with van der Waals surface area (Å²) in [6.07, 6.45) is 4.17. The molecule has 6 nitrogen and oxygen atoms in total. The zero-order chi connectivity index (χ0) is 18.3. The number of para-hydroxylation sites is 1. The molecule has 0 bridgehead atoms. The second kappa shape index (κ2) is 6.82. The highest BCUT2D eigenvalue weighted by Gasteiger charge is 2.56. The van der Waals surface area contributed by atoms with Crippen molar-refractivity contribution in [1.29, 1.82) is 0 Å². The van der Waals surface area contributed by atoms with E-state index in [1.165, 1.54) is 12.8 Å². The minimum absolute atomic E-state index is 0.0608. The third-order valence-electron chi connectivity index (χ3n) is 6.43. The van der Waals surface area contributed by atoms with E-state index in [9.17, 15) is 14.7 Å². The summed E-state index contributed by atoms with van der Waals surface area (Å²) >= 11 is 0. The Bertz CT molecular complexity index is 702. The third-order valence-corrected chi connectivity index (χ3v) is 6.43. The highest BCUT2D eigenvalue weighted by atomic mass is 16.5. The van der Waals surface area contributed by atoms with Gasteiger partial charge in [-0.25, -0.2) is 4.79 Å². The molecular formula is C20H26N2O4. The number of amides is 2. The van der Waals surface area contributed by atoms with Crippen molar-refractivity contribution in [2.24, 2.45) is 23.5 Å². The summed E-state index contributed by atoms with van der Waals surface area (Å²) in [6.45, 7) is 1.77. The summed E-state index contributed by atoms with van der Waals surface area (Å²) in [5, 5.41) is 10.6. The average molecular weight is 358 g/mol. The van der Waals surface area contributed by atoms with E-state index in [2.05, 4.69) is 0 Å². The number of likely N-dealkylation sites (tertiary alicyclic amines) is 1. The Kier molecular flexibility index (Phi) is 4.51. The van der Waals surface area contributed by atoms with Gasteiger partial charge in [0.1, 0.15) is 5.75 Å². The summed E-state index contributed by atoms with van der Waals surface area (Å²) in [4.78, 5) is 25.2. The Morgan fingerprint density at radius 1 is 1.19 bits per heavy atom. The van der Waals surface area contributed by atoms with Crippen LogP contribution in [0.2, 0.25) is 0 Å². The van der Waals surface area contributed by atoms with Crippen molar-refractivity contribution < 1.29 is 19.4 Å². The molecule has 1 aromatic rings. The number of carbonyl (C=O) groups excluding carboxylic acids is 2. The molecule has 2 aliphatic carbocycles. The fourth-order valence-corrected chi connectivity index (χ4v) is 4.87. The normalized spacial score (nSPS) is 27.4. The van der Waals surface area contributed by atoms with Crippen molar-refractivity contribution in [3.05, 3.63) is 29.3 Å². The zero-order valence-electron chi connectivity index (χ0n) is 14.9. The molecule has 2 saturated carbocycles. The van der Waals surface area contributed by atoms with Crippen LogP contribution in [0.15, 0.2) is 18.2 Å². The Labute approximate surface area is 153 Å². The van der Waals surface area contributed by atoms with Crippen LogP contribution in [0.3, 0.4) is 0 Å². The Morgan fingerprint density at radius 3 is 2.54 bits per heavy atom. The first-order chi connectivity index (χ1) is 12.5. The molecule has 26 heavy (non-hydrogen) atoms. The van der Waals surface area contributed by atoms with Crippen molar-refractivity contribution in [2.45, 2.75) is 38.0 Å². The maximum absolute atomic E-state index is 12.6. The summed E-state index contributed by atoms with van der Waals surface area (Å²) in [5.41, 5.74) is 6.73. The van der Waals surface area contributed by atoms with Crippen molar-refractivity contribution in [3.63, 3.8) is 0 Å². The van der Waals surface area contributed by atoms with Crippen LogP contribution in [0, 0.1) is 17.8 Å². The van der Waals surface area contributed by atoms with Gasteiger partial charge in [0, 0.05) is 24.6 Å². The average Bonchev–Trinajstić information content (AvgIpc) is 3.04. The highest BCUT2D eigenvalue weighted by Crippen LogP contribution is 2.51. The van der Waals surface area contributed by atoms with Crippen molar-refractivity contribution in [3.8, 4) is 5.75 Å². The highest BCUT2D eigenvalue weighted by molar-refractivity contribution is 5.80. The second-order valence-electron chi connectivity index (χ2n) is 7.93. The number of ether oxygens (including phenoxy) is 1. The van der Waals surface area contributed by atoms with Gasteiger partial charge in [-0.3, -0.25) is 4.79 Å². The molecule has 1 aliphatic heterocycles. The van der Waals surface area contributed by atoms with Gasteiger partial charge in [0.2, 0.25) is 5.91 Å². The van der Waals surface area contributed by atoms with E-state index < -0.39 is 6.09 Å². The number of rotatable bonds is 5. The fourth-order valence-electron chi connectivity index (χ4n) is 4.87. The smallest absolute Gasteiger partial charge is 0.404 e. The number of hydrogen-bond donors (Lipinski definition) is 2. The maximum Gasteiger partial charge on any atom is 0.404 e. The van der Waals surface area contributed by atoms with Gasteiger partial charge in [-0.2, -0.15) is 0 Å². The lowest BCUT2D eigenvalue weighted by molar-refractivity contribution is -0.130. The first kappa shape index (κ1) is 17.2. The molecular weight excluding hydrogens is 332 g/mol. The molecule has 140 valence electrons. The summed E-state index contributed by atoms with van der Waals surface area (Å²) in [5.74, 6) is 1.96. The largest absolute Gasteiger partial charge is 0.507 e. The molecule has 3 N–H and O–H groups in total. The number of piperidine rings is 1. The van der Waals surface area contributed by atoms with Crippen molar-refractivity contribution in [2.75, 3.05) is 19.7 Å². The molecule has 4 rings (SSSR count). The van der Waals surface area contributed by atoms with E-state index in [1.807, 2.05) is 23.1 Å². The Hall–Kier alpha value is -2.24. The van der Waals surface area contributed by atoms with E-state index in [0.717, 1.165) is 24.0 Å². The van der Waals surface area contributed by atoms with Crippen LogP contribution in [0.5, 0.6) is 5.75 Å². The number of phenols is 1. The lowest BCUT2D eigenvalue weighted by atomic mass is 9.93. The summed E-state index contributed by atoms with van der Waals surface area (Å²) < 4.78 is 4.87. The number of phenolic OH excluding ortho intramolecular Hbond substituents is 1. The number of nitrogens with zero attached hydrogens (tertiary/aromatic N) is 1. The molecule has 1 aromatic carbocycles.